The van der Waals surface area contributed by atoms with Crippen LogP contribution in [0.3, 0.4) is 0 Å². The first-order chi connectivity index (χ1) is 8.34. The van der Waals surface area contributed by atoms with Crippen molar-refractivity contribution < 1.29 is 9.59 Å². The van der Waals surface area contributed by atoms with Gasteiger partial charge in [0.1, 0.15) is 0 Å². The molecule has 0 aromatic heterocycles. The van der Waals surface area contributed by atoms with E-state index in [9.17, 15) is 9.59 Å². The van der Waals surface area contributed by atoms with Crippen LogP contribution in [-0.2, 0) is 9.59 Å². The zero-order valence-electron chi connectivity index (χ0n) is 11.7. The van der Waals surface area contributed by atoms with E-state index in [1.165, 1.54) is 4.90 Å². The smallest absolute Gasteiger partial charge is 0.224 e. The summed E-state index contributed by atoms with van der Waals surface area (Å²) in [5.41, 5.74) is 5.76. The van der Waals surface area contributed by atoms with Gasteiger partial charge in [0.2, 0.25) is 11.8 Å². The fourth-order valence-corrected chi connectivity index (χ4v) is 2.43. The summed E-state index contributed by atoms with van der Waals surface area (Å²) in [5.74, 6) is -0.110. The highest BCUT2D eigenvalue weighted by Gasteiger charge is 2.37. The van der Waals surface area contributed by atoms with Crippen molar-refractivity contribution in [2.24, 2.45) is 11.7 Å². The molecule has 0 saturated heterocycles. The van der Waals surface area contributed by atoms with Gasteiger partial charge in [-0.25, -0.2) is 0 Å². The van der Waals surface area contributed by atoms with Crippen LogP contribution in [0, 0.1) is 5.92 Å². The minimum Gasteiger partial charge on any atom is -0.355 e. The molecule has 3 N–H and O–H groups in total. The number of nitrogens with two attached hydrogens (primary N) is 1. The maximum Gasteiger partial charge on any atom is 0.224 e. The SMILES string of the molecule is CN(C)C(=O)CCNC(=O)C1CCCCC1(C)N. The van der Waals surface area contributed by atoms with Gasteiger partial charge in [-0.2, -0.15) is 0 Å². The Hall–Kier alpha value is -1.10. The third kappa shape index (κ3) is 3.98. The van der Waals surface area contributed by atoms with E-state index in [1.54, 1.807) is 14.1 Å². The molecule has 0 aromatic rings. The highest BCUT2D eigenvalue weighted by Crippen LogP contribution is 2.31. The third-order valence-electron chi connectivity index (χ3n) is 3.71. The molecule has 18 heavy (non-hydrogen) atoms. The van der Waals surface area contributed by atoms with Gasteiger partial charge in [0.05, 0.1) is 5.92 Å². The van der Waals surface area contributed by atoms with Crippen molar-refractivity contribution in [3.63, 3.8) is 0 Å². The van der Waals surface area contributed by atoms with Crippen molar-refractivity contribution in [3.8, 4) is 0 Å². The minimum absolute atomic E-state index is 0.00810. The zero-order valence-corrected chi connectivity index (χ0v) is 11.7. The molecule has 0 aliphatic heterocycles. The number of rotatable bonds is 4. The summed E-state index contributed by atoms with van der Waals surface area (Å²) in [6.07, 6.45) is 4.23. The quantitative estimate of drug-likeness (QED) is 0.767. The number of carbonyl (C=O) groups excluding carboxylic acids is 2. The predicted molar refractivity (Wildman–Crippen MR) is 70.9 cm³/mol. The third-order valence-corrected chi connectivity index (χ3v) is 3.71. The van der Waals surface area contributed by atoms with Crippen molar-refractivity contribution in [1.82, 2.24) is 10.2 Å². The molecule has 2 atom stereocenters. The largest absolute Gasteiger partial charge is 0.355 e. The Bertz CT molecular complexity index is 313. The molecule has 0 bridgehead atoms. The van der Waals surface area contributed by atoms with Gasteiger partial charge in [0, 0.05) is 32.6 Å². The van der Waals surface area contributed by atoms with E-state index < -0.39 is 5.54 Å². The van der Waals surface area contributed by atoms with E-state index in [-0.39, 0.29) is 17.7 Å². The first-order valence-electron chi connectivity index (χ1n) is 6.61. The Kier molecular flexibility index (Phi) is 5.14. The van der Waals surface area contributed by atoms with Gasteiger partial charge in [0.15, 0.2) is 0 Å². The number of nitrogens with zero attached hydrogens (tertiary/aromatic N) is 1. The van der Waals surface area contributed by atoms with E-state index in [0.717, 1.165) is 25.7 Å². The molecule has 1 rings (SSSR count). The van der Waals surface area contributed by atoms with Gasteiger partial charge in [-0.3, -0.25) is 9.59 Å². The van der Waals surface area contributed by atoms with E-state index >= 15 is 0 Å². The topological polar surface area (TPSA) is 75.4 Å². The van der Waals surface area contributed by atoms with Crippen LogP contribution in [0.5, 0.6) is 0 Å². The summed E-state index contributed by atoms with van der Waals surface area (Å²) in [5, 5.41) is 2.83. The molecule has 104 valence electrons. The fourth-order valence-electron chi connectivity index (χ4n) is 2.43. The molecule has 0 heterocycles. The van der Waals surface area contributed by atoms with Crippen molar-refractivity contribution >= 4 is 11.8 Å². The second-order valence-corrected chi connectivity index (χ2v) is 5.63. The molecular formula is C13H25N3O2. The van der Waals surface area contributed by atoms with Crippen LogP contribution in [0.2, 0.25) is 0 Å². The molecular weight excluding hydrogens is 230 g/mol. The summed E-state index contributed by atoms with van der Waals surface area (Å²) >= 11 is 0. The number of hydrogen-bond acceptors (Lipinski definition) is 3. The summed E-state index contributed by atoms with van der Waals surface area (Å²) in [6.45, 7) is 2.34. The number of amides is 2. The first kappa shape index (κ1) is 15.0. The molecule has 0 spiro atoms. The summed E-state index contributed by atoms with van der Waals surface area (Å²) < 4.78 is 0. The summed E-state index contributed by atoms with van der Waals surface area (Å²) in [6, 6.07) is 0. The lowest BCUT2D eigenvalue weighted by atomic mass is 9.74. The van der Waals surface area contributed by atoms with E-state index in [2.05, 4.69) is 5.32 Å². The average molecular weight is 255 g/mol. The van der Waals surface area contributed by atoms with Crippen LogP contribution in [0.25, 0.3) is 0 Å². The Balaban J connectivity index is 2.38. The standard InChI is InChI=1S/C13H25N3O2/c1-13(14)8-5-4-6-10(13)12(18)15-9-7-11(17)16(2)3/h10H,4-9,14H2,1-3H3,(H,15,18). The Morgan fingerprint density at radius 1 is 1.39 bits per heavy atom. The van der Waals surface area contributed by atoms with Gasteiger partial charge in [-0.1, -0.05) is 12.8 Å². The molecule has 1 aliphatic carbocycles. The van der Waals surface area contributed by atoms with Gasteiger partial charge < -0.3 is 16.0 Å². The van der Waals surface area contributed by atoms with Crippen LogP contribution < -0.4 is 11.1 Å². The first-order valence-corrected chi connectivity index (χ1v) is 6.61. The minimum atomic E-state index is -0.409. The molecule has 0 radical (unpaired) electrons. The summed E-state index contributed by atoms with van der Waals surface area (Å²) in [7, 11) is 3.42. The number of carbonyl (C=O) groups is 2. The highest BCUT2D eigenvalue weighted by molar-refractivity contribution is 5.81. The Morgan fingerprint density at radius 3 is 2.61 bits per heavy atom. The molecule has 0 aromatic carbocycles. The zero-order chi connectivity index (χ0) is 13.8. The second-order valence-electron chi connectivity index (χ2n) is 5.63. The van der Waals surface area contributed by atoms with Gasteiger partial charge in [-0.15, -0.1) is 0 Å². The van der Waals surface area contributed by atoms with Crippen molar-refractivity contribution in [2.45, 2.75) is 44.6 Å². The molecule has 1 saturated carbocycles. The number of nitrogens with one attached hydrogen (secondary N) is 1. The van der Waals surface area contributed by atoms with Crippen LogP contribution in [0.1, 0.15) is 39.0 Å². The Morgan fingerprint density at radius 2 is 2.06 bits per heavy atom. The fraction of sp³-hybridized carbons (Fsp3) is 0.846. The lowest BCUT2D eigenvalue weighted by Gasteiger charge is -2.37. The van der Waals surface area contributed by atoms with Gasteiger partial charge in [0.25, 0.3) is 0 Å². The van der Waals surface area contributed by atoms with Crippen LogP contribution in [-0.4, -0.2) is 42.9 Å². The van der Waals surface area contributed by atoms with Crippen LogP contribution in [0.4, 0.5) is 0 Å². The number of hydrogen-bond donors (Lipinski definition) is 2. The van der Waals surface area contributed by atoms with Gasteiger partial charge >= 0.3 is 0 Å². The van der Waals surface area contributed by atoms with Crippen molar-refractivity contribution in [1.29, 1.82) is 0 Å². The monoisotopic (exact) mass is 255 g/mol. The Labute approximate surface area is 109 Å². The molecule has 2 unspecified atom stereocenters. The van der Waals surface area contributed by atoms with Crippen LogP contribution in [0.15, 0.2) is 0 Å². The average Bonchev–Trinajstić information content (AvgIpc) is 2.27. The predicted octanol–water partition coefficient (Wildman–Crippen LogP) is 0.489. The molecule has 5 nitrogen and oxygen atoms in total. The lowest BCUT2D eigenvalue weighted by Crippen LogP contribution is -2.53. The normalized spacial score (nSPS) is 27.7. The molecule has 1 aliphatic rings. The van der Waals surface area contributed by atoms with Gasteiger partial charge in [-0.05, 0) is 19.8 Å². The molecule has 5 heteroatoms. The maximum absolute atomic E-state index is 12.0. The second kappa shape index (κ2) is 6.18. The highest BCUT2D eigenvalue weighted by atomic mass is 16.2. The molecule has 1 fully saturated rings. The van der Waals surface area contributed by atoms with Crippen molar-refractivity contribution in [2.75, 3.05) is 20.6 Å². The maximum atomic E-state index is 12.0. The van der Waals surface area contributed by atoms with Crippen molar-refractivity contribution in [3.05, 3.63) is 0 Å². The van der Waals surface area contributed by atoms with E-state index in [4.69, 9.17) is 5.73 Å². The van der Waals surface area contributed by atoms with Crippen LogP contribution >= 0.6 is 0 Å². The molecule has 2 amide bonds. The van der Waals surface area contributed by atoms with E-state index in [0.29, 0.717) is 13.0 Å². The lowest BCUT2D eigenvalue weighted by molar-refractivity contribution is -0.129. The van der Waals surface area contributed by atoms with E-state index in [1.807, 2.05) is 6.92 Å². The summed E-state index contributed by atoms with van der Waals surface area (Å²) in [4.78, 5) is 25.0.